The van der Waals surface area contributed by atoms with E-state index in [1.165, 1.54) is 23.2 Å². The first-order chi connectivity index (χ1) is 16.4. The van der Waals surface area contributed by atoms with Gasteiger partial charge >= 0.3 is 6.18 Å². The van der Waals surface area contributed by atoms with E-state index in [0.717, 1.165) is 0 Å². The van der Waals surface area contributed by atoms with Crippen molar-refractivity contribution in [1.29, 1.82) is 5.26 Å². The number of rotatable bonds is 11. The summed E-state index contributed by atoms with van der Waals surface area (Å²) in [6.07, 6.45) is -1.23. The minimum Gasteiger partial charge on any atom is -0.508 e. The van der Waals surface area contributed by atoms with Gasteiger partial charge in [0.25, 0.3) is 0 Å². The van der Waals surface area contributed by atoms with Gasteiger partial charge in [0, 0.05) is 12.1 Å². The zero-order valence-electron chi connectivity index (χ0n) is 19.9. The number of alkyl halides is 3. The van der Waals surface area contributed by atoms with Gasteiger partial charge in [-0.3, -0.25) is 4.99 Å². The summed E-state index contributed by atoms with van der Waals surface area (Å²) in [7, 11) is 0. The van der Waals surface area contributed by atoms with Crippen molar-refractivity contribution in [2.75, 3.05) is 19.6 Å². The Morgan fingerprint density at radius 3 is 2.43 bits per heavy atom. The van der Waals surface area contributed by atoms with E-state index in [1.54, 1.807) is 56.3 Å². The molecule has 2 aromatic carbocycles. The van der Waals surface area contributed by atoms with Crippen molar-refractivity contribution < 1.29 is 23.4 Å². The van der Waals surface area contributed by atoms with Gasteiger partial charge in [-0.15, -0.1) is 6.58 Å². The first kappa shape index (κ1) is 27.7. The minimum atomic E-state index is -4.94. The van der Waals surface area contributed by atoms with E-state index >= 15 is 0 Å². The summed E-state index contributed by atoms with van der Waals surface area (Å²) in [5, 5.41) is 30.7. The number of nitrogens with zero attached hydrogens (tertiary/aromatic N) is 3. The Morgan fingerprint density at radius 1 is 1.14 bits per heavy atom. The molecule has 8 heteroatoms. The Hall–Kier alpha value is -3.57. The number of aliphatic hydroxyl groups is 1. The van der Waals surface area contributed by atoms with Crippen molar-refractivity contribution in [3.05, 3.63) is 78.5 Å². The number of halogens is 3. The molecule has 0 aliphatic carbocycles. The monoisotopic (exact) mass is 485 g/mol. The molecule has 2 rings (SSSR count). The summed E-state index contributed by atoms with van der Waals surface area (Å²) in [6, 6.07) is 13.5. The molecule has 0 saturated carbocycles. The van der Waals surface area contributed by atoms with Crippen LogP contribution >= 0.6 is 0 Å². The largest absolute Gasteiger partial charge is 0.508 e. The molecule has 0 heterocycles. The maximum Gasteiger partial charge on any atom is 0.418 e. The SMILES string of the molecule is C=CCN(/C=C\CN=C)CC(O)(CC(C)(C)c1cc(-c2cccc(C#N)c2)ccc1O)C(F)(F)F. The van der Waals surface area contributed by atoms with Gasteiger partial charge < -0.3 is 15.1 Å². The first-order valence-electron chi connectivity index (χ1n) is 10.9. The van der Waals surface area contributed by atoms with Crippen LogP contribution in [0.15, 0.2) is 72.4 Å². The van der Waals surface area contributed by atoms with Gasteiger partial charge in [-0.2, -0.15) is 18.4 Å². The summed E-state index contributed by atoms with van der Waals surface area (Å²) in [5.74, 6) is -0.181. The lowest BCUT2D eigenvalue weighted by atomic mass is 9.73. The van der Waals surface area contributed by atoms with Crippen LogP contribution in [0.5, 0.6) is 5.75 Å². The minimum absolute atomic E-state index is 0.0857. The fraction of sp³-hybridized carbons (Fsp3) is 0.333. The molecule has 35 heavy (non-hydrogen) atoms. The van der Waals surface area contributed by atoms with Gasteiger partial charge in [0.15, 0.2) is 5.60 Å². The lowest BCUT2D eigenvalue weighted by molar-refractivity contribution is -0.269. The van der Waals surface area contributed by atoms with E-state index in [9.17, 15) is 28.6 Å². The standard InChI is InChI=1S/C27H30F3N3O2/c1-5-13-33(14-7-12-32-4)19-26(35,27(28,29)30)18-25(2,3)23-16-22(10-11-24(23)34)21-9-6-8-20(15-21)17-31/h5-11,14-16,34-35H,1,4,12-13,18-19H2,2-3H3/b14-7-. The quantitative estimate of drug-likeness (QED) is 0.321. The Morgan fingerprint density at radius 2 is 1.83 bits per heavy atom. The van der Waals surface area contributed by atoms with E-state index in [2.05, 4.69) is 24.4 Å². The van der Waals surface area contributed by atoms with Crippen LogP contribution in [0.3, 0.4) is 0 Å². The number of nitriles is 1. The van der Waals surface area contributed by atoms with Gasteiger partial charge in [0.05, 0.1) is 24.7 Å². The molecule has 186 valence electrons. The van der Waals surface area contributed by atoms with Crippen LogP contribution < -0.4 is 0 Å². The molecular formula is C27H30F3N3O2. The van der Waals surface area contributed by atoms with Crippen LogP contribution in [-0.2, 0) is 5.41 Å². The lowest BCUT2D eigenvalue weighted by Gasteiger charge is -2.40. The third-order valence-corrected chi connectivity index (χ3v) is 5.69. The maximum absolute atomic E-state index is 14.2. The van der Waals surface area contributed by atoms with Crippen LogP contribution in [0.25, 0.3) is 11.1 Å². The van der Waals surface area contributed by atoms with E-state index < -0.39 is 30.2 Å². The molecule has 2 N–H and O–H groups in total. The average Bonchev–Trinajstić information content (AvgIpc) is 2.78. The van der Waals surface area contributed by atoms with Crippen molar-refractivity contribution in [2.45, 2.75) is 37.5 Å². The molecule has 0 fully saturated rings. The van der Waals surface area contributed by atoms with Crippen LogP contribution in [0, 0.1) is 11.3 Å². The summed E-state index contributed by atoms with van der Waals surface area (Å²) in [5.41, 5.74) is -2.36. The Kier molecular flexibility index (Phi) is 8.88. The second-order valence-corrected chi connectivity index (χ2v) is 9.02. The van der Waals surface area contributed by atoms with Crippen LogP contribution in [-0.4, -0.2) is 53.2 Å². The molecule has 0 amide bonds. The number of hydrogen-bond acceptors (Lipinski definition) is 5. The van der Waals surface area contributed by atoms with Crippen molar-refractivity contribution in [1.82, 2.24) is 4.90 Å². The van der Waals surface area contributed by atoms with Crippen molar-refractivity contribution >= 4 is 6.72 Å². The van der Waals surface area contributed by atoms with Crippen molar-refractivity contribution in [3.63, 3.8) is 0 Å². The highest BCUT2D eigenvalue weighted by Crippen LogP contribution is 2.44. The lowest BCUT2D eigenvalue weighted by Crippen LogP contribution is -2.55. The predicted octanol–water partition coefficient (Wildman–Crippen LogP) is 5.59. The highest BCUT2D eigenvalue weighted by atomic mass is 19.4. The molecule has 1 atom stereocenters. The second-order valence-electron chi connectivity index (χ2n) is 9.02. The molecule has 0 aromatic heterocycles. The van der Waals surface area contributed by atoms with Crippen molar-refractivity contribution in [3.8, 4) is 22.9 Å². The molecule has 2 aromatic rings. The molecule has 0 saturated heterocycles. The molecule has 0 spiro atoms. The number of hydrogen-bond donors (Lipinski definition) is 2. The predicted molar refractivity (Wildman–Crippen MR) is 132 cm³/mol. The summed E-state index contributed by atoms with van der Waals surface area (Å²) in [4.78, 5) is 4.96. The molecule has 0 radical (unpaired) electrons. The Balaban J connectivity index is 2.47. The Labute approximate surface area is 204 Å². The average molecular weight is 486 g/mol. The van der Waals surface area contributed by atoms with Gasteiger partial charge in [-0.05, 0) is 66.2 Å². The smallest absolute Gasteiger partial charge is 0.418 e. The van der Waals surface area contributed by atoms with Gasteiger partial charge in [-0.25, -0.2) is 0 Å². The zero-order chi connectivity index (χ0) is 26.3. The molecular weight excluding hydrogens is 455 g/mol. The molecule has 1 unspecified atom stereocenters. The fourth-order valence-corrected chi connectivity index (χ4v) is 4.05. The number of aromatic hydroxyl groups is 1. The van der Waals surface area contributed by atoms with Gasteiger partial charge in [0.2, 0.25) is 0 Å². The number of aliphatic imine (C=N–C) groups is 1. The molecule has 0 aliphatic heterocycles. The Bertz CT molecular complexity index is 1120. The highest BCUT2D eigenvalue weighted by molar-refractivity contribution is 5.67. The number of benzene rings is 2. The molecule has 5 nitrogen and oxygen atoms in total. The normalized spacial score (nSPS) is 13.7. The maximum atomic E-state index is 14.2. The van der Waals surface area contributed by atoms with Crippen LogP contribution in [0.1, 0.15) is 31.4 Å². The van der Waals surface area contributed by atoms with Gasteiger partial charge in [-0.1, -0.05) is 38.1 Å². The topological polar surface area (TPSA) is 79.8 Å². The van der Waals surface area contributed by atoms with E-state index in [1.807, 2.05) is 0 Å². The molecule has 0 aliphatic rings. The third-order valence-electron chi connectivity index (χ3n) is 5.69. The summed E-state index contributed by atoms with van der Waals surface area (Å²) in [6.45, 7) is 9.58. The van der Waals surface area contributed by atoms with Crippen LogP contribution in [0.4, 0.5) is 13.2 Å². The van der Waals surface area contributed by atoms with E-state index in [0.29, 0.717) is 16.7 Å². The summed E-state index contributed by atoms with van der Waals surface area (Å²) >= 11 is 0. The molecule has 0 bridgehead atoms. The zero-order valence-corrected chi connectivity index (χ0v) is 19.9. The summed E-state index contributed by atoms with van der Waals surface area (Å²) < 4.78 is 42.7. The first-order valence-corrected chi connectivity index (χ1v) is 10.9. The number of phenolic OH excluding ortho intramolecular Hbond substituents is 1. The van der Waals surface area contributed by atoms with Crippen LogP contribution in [0.2, 0.25) is 0 Å². The fourth-order valence-electron chi connectivity index (χ4n) is 4.05. The second kappa shape index (κ2) is 11.2. The van der Waals surface area contributed by atoms with E-state index in [4.69, 9.17) is 0 Å². The highest BCUT2D eigenvalue weighted by Gasteiger charge is 2.56. The van der Waals surface area contributed by atoms with Gasteiger partial charge in [0.1, 0.15) is 5.75 Å². The number of phenols is 1. The van der Waals surface area contributed by atoms with Crippen molar-refractivity contribution in [2.24, 2.45) is 4.99 Å². The van der Waals surface area contributed by atoms with E-state index in [-0.39, 0.29) is 24.4 Å². The third kappa shape index (κ3) is 6.96.